The molecule has 4 rings (SSSR count). The van der Waals surface area contributed by atoms with E-state index in [1.54, 1.807) is 24.3 Å². The number of hydrogen-bond acceptors (Lipinski definition) is 5. The van der Waals surface area contributed by atoms with Crippen LogP contribution in [0.5, 0.6) is 5.88 Å². The number of carbonyl (C=O) groups excluding carboxylic acids is 1. The molecule has 158 valence electrons. The van der Waals surface area contributed by atoms with Crippen LogP contribution in [0.25, 0.3) is 10.9 Å². The van der Waals surface area contributed by atoms with Crippen LogP contribution in [0.4, 0.5) is 8.78 Å². The van der Waals surface area contributed by atoms with Crippen LogP contribution in [0.1, 0.15) is 27.4 Å². The number of hydrogen-bond donors (Lipinski definition) is 3. The number of carboxylic acids is 1. The van der Waals surface area contributed by atoms with E-state index in [1.165, 1.54) is 25.1 Å². The number of para-hydroxylation sites is 1. The highest BCUT2D eigenvalue weighted by Crippen LogP contribution is 2.42. The monoisotopic (exact) mass is 442 g/mol. The van der Waals surface area contributed by atoms with Gasteiger partial charge in [0.25, 0.3) is 5.91 Å². The van der Waals surface area contributed by atoms with Crippen LogP contribution in [-0.4, -0.2) is 32.8 Å². The number of pyridine rings is 1. The van der Waals surface area contributed by atoms with Crippen LogP contribution in [0, 0.1) is 18.6 Å². The Bertz CT molecular complexity index is 1280. The smallest absolute Gasteiger partial charge is 0.334 e. The van der Waals surface area contributed by atoms with Crippen LogP contribution >= 0.6 is 11.8 Å². The Balaban J connectivity index is 1.70. The van der Waals surface area contributed by atoms with E-state index in [0.717, 1.165) is 11.8 Å². The summed E-state index contributed by atoms with van der Waals surface area (Å²) in [6.45, 7) is 1.41. The molecule has 2 heterocycles. The fourth-order valence-electron chi connectivity index (χ4n) is 3.45. The number of aromatic hydroxyl groups is 1. The standard InChI is InChI=1S/C22H16F2N2O4S/c1-10-6-7-12(18(24)17(10)23)14-9-31-21(16(14)22(29)30)26-20(28)13-8-11-4-2-3-5-15(11)25-19(13)27/h2-8,14H,9H2,1H3,(H,25,27)(H,26,28)(H,29,30). The maximum absolute atomic E-state index is 14.5. The van der Waals surface area contributed by atoms with Gasteiger partial charge in [0.1, 0.15) is 5.56 Å². The van der Waals surface area contributed by atoms with Crippen molar-refractivity contribution in [1.29, 1.82) is 0 Å². The third-order valence-electron chi connectivity index (χ3n) is 5.07. The molecule has 3 aromatic rings. The number of amides is 1. The lowest BCUT2D eigenvalue weighted by Crippen LogP contribution is -2.24. The predicted molar refractivity (Wildman–Crippen MR) is 112 cm³/mol. The van der Waals surface area contributed by atoms with E-state index in [-0.39, 0.29) is 33.0 Å². The first kappa shape index (κ1) is 20.8. The summed E-state index contributed by atoms with van der Waals surface area (Å²) in [6.07, 6.45) is 0. The van der Waals surface area contributed by atoms with Gasteiger partial charge in [0, 0.05) is 17.1 Å². The van der Waals surface area contributed by atoms with E-state index in [1.807, 2.05) is 0 Å². The number of rotatable bonds is 4. The number of halogens is 2. The van der Waals surface area contributed by atoms with Crippen molar-refractivity contribution in [3.05, 3.63) is 81.4 Å². The van der Waals surface area contributed by atoms with E-state index < -0.39 is 35.3 Å². The molecule has 1 aromatic heterocycles. The summed E-state index contributed by atoms with van der Waals surface area (Å²) in [5, 5.41) is 23.0. The summed E-state index contributed by atoms with van der Waals surface area (Å²) in [7, 11) is 0. The first-order valence-corrected chi connectivity index (χ1v) is 10.2. The molecule has 0 saturated carbocycles. The van der Waals surface area contributed by atoms with Crippen molar-refractivity contribution < 1.29 is 28.6 Å². The van der Waals surface area contributed by atoms with Crippen molar-refractivity contribution in [3.63, 3.8) is 0 Å². The molecule has 0 spiro atoms. The van der Waals surface area contributed by atoms with Crippen LogP contribution in [0.3, 0.4) is 0 Å². The number of carbonyl (C=O) groups is 2. The molecular formula is C22H16F2N2O4S. The third kappa shape index (κ3) is 3.72. The summed E-state index contributed by atoms with van der Waals surface area (Å²) in [6, 6.07) is 11.1. The van der Waals surface area contributed by atoms with Crippen molar-refractivity contribution in [2.75, 3.05) is 5.75 Å². The zero-order valence-corrected chi connectivity index (χ0v) is 17.0. The number of carboxylic acid groups (broad SMARTS) is 1. The Morgan fingerprint density at radius 3 is 2.65 bits per heavy atom. The molecule has 0 fully saturated rings. The van der Waals surface area contributed by atoms with Crippen molar-refractivity contribution in [2.45, 2.75) is 12.8 Å². The summed E-state index contributed by atoms with van der Waals surface area (Å²) >= 11 is 1.01. The van der Waals surface area contributed by atoms with Gasteiger partial charge in [0.2, 0.25) is 5.88 Å². The molecule has 0 saturated heterocycles. The number of nitrogens with zero attached hydrogens (tertiary/aromatic N) is 1. The SMILES string of the molecule is Cc1ccc(C2CSC(NC(=O)c3cc4ccccc4nc3O)=C2C(=O)O)c(F)c1F. The molecule has 0 radical (unpaired) electrons. The van der Waals surface area contributed by atoms with Gasteiger partial charge in [-0.2, -0.15) is 0 Å². The van der Waals surface area contributed by atoms with Crippen LogP contribution in [0.2, 0.25) is 0 Å². The molecule has 1 unspecified atom stereocenters. The maximum atomic E-state index is 14.5. The molecule has 1 amide bonds. The van der Waals surface area contributed by atoms with Crippen molar-refractivity contribution in [1.82, 2.24) is 10.3 Å². The molecule has 3 N–H and O–H groups in total. The van der Waals surface area contributed by atoms with Gasteiger partial charge in [-0.1, -0.05) is 30.3 Å². The highest BCUT2D eigenvalue weighted by atomic mass is 32.2. The van der Waals surface area contributed by atoms with Crippen molar-refractivity contribution >= 4 is 34.5 Å². The van der Waals surface area contributed by atoms with E-state index in [4.69, 9.17) is 0 Å². The number of benzene rings is 2. The molecule has 1 atom stereocenters. The quantitative estimate of drug-likeness (QED) is 0.563. The van der Waals surface area contributed by atoms with Gasteiger partial charge in [-0.25, -0.2) is 18.6 Å². The lowest BCUT2D eigenvalue weighted by atomic mass is 9.92. The normalized spacial score (nSPS) is 16.0. The van der Waals surface area contributed by atoms with Gasteiger partial charge in [0.15, 0.2) is 11.6 Å². The zero-order valence-electron chi connectivity index (χ0n) is 16.1. The molecule has 1 aliphatic heterocycles. The number of aromatic nitrogens is 1. The van der Waals surface area contributed by atoms with Gasteiger partial charge in [0.05, 0.1) is 16.1 Å². The first-order chi connectivity index (χ1) is 14.8. The zero-order chi connectivity index (χ0) is 22.3. The Hall–Kier alpha value is -3.46. The fraction of sp³-hybridized carbons (Fsp3) is 0.136. The summed E-state index contributed by atoms with van der Waals surface area (Å²) in [5.74, 6) is -5.58. The fourth-order valence-corrected chi connectivity index (χ4v) is 4.68. The number of thioether (sulfide) groups is 1. The van der Waals surface area contributed by atoms with Crippen LogP contribution in [-0.2, 0) is 4.79 Å². The van der Waals surface area contributed by atoms with Gasteiger partial charge >= 0.3 is 5.97 Å². The second-order valence-corrected chi connectivity index (χ2v) is 8.05. The average Bonchev–Trinajstić information content (AvgIpc) is 3.15. The Labute approximate surface area is 179 Å². The Kier molecular flexibility index (Phi) is 5.36. The van der Waals surface area contributed by atoms with Gasteiger partial charge in [-0.15, -0.1) is 11.8 Å². The largest absolute Gasteiger partial charge is 0.493 e. The van der Waals surface area contributed by atoms with Crippen LogP contribution < -0.4 is 5.32 Å². The Morgan fingerprint density at radius 2 is 1.90 bits per heavy atom. The van der Waals surface area contributed by atoms with E-state index >= 15 is 0 Å². The first-order valence-electron chi connectivity index (χ1n) is 9.22. The number of nitrogens with one attached hydrogen (secondary N) is 1. The molecule has 31 heavy (non-hydrogen) atoms. The summed E-state index contributed by atoms with van der Waals surface area (Å²) in [4.78, 5) is 28.7. The highest BCUT2D eigenvalue weighted by molar-refractivity contribution is 8.03. The Morgan fingerprint density at radius 1 is 1.16 bits per heavy atom. The molecule has 9 heteroatoms. The summed E-state index contributed by atoms with van der Waals surface area (Å²) in [5.41, 5.74) is 0.142. The maximum Gasteiger partial charge on any atom is 0.334 e. The lowest BCUT2D eigenvalue weighted by molar-refractivity contribution is -0.132. The van der Waals surface area contributed by atoms with E-state index in [9.17, 15) is 28.6 Å². The molecule has 0 bridgehead atoms. The minimum Gasteiger partial charge on any atom is -0.493 e. The van der Waals surface area contributed by atoms with Crippen LogP contribution in [0.15, 0.2) is 53.1 Å². The van der Waals surface area contributed by atoms with Gasteiger partial charge in [-0.3, -0.25) is 4.79 Å². The number of fused-ring (bicyclic) bond motifs is 1. The summed E-state index contributed by atoms with van der Waals surface area (Å²) < 4.78 is 28.5. The van der Waals surface area contributed by atoms with Crippen molar-refractivity contribution in [2.24, 2.45) is 0 Å². The second kappa shape index (κ2) is 7.99. The van der Waals surface area contributed by atoms with Crippen molar-refractivity contribution in [3.8, 4) is 5.88 Å². The third-order valence-corrected chi connectivity index (χ3v) is 6.18. The molecular weight excluding hydrogens is 426 g/mol. The minimum atomic E-state index is -1.36. The highest BCUT2D eigenvalue weighted by Gasteiger charge is 2.36. The topological polar surface area (TPSA) is 99.5 Å². The molecule has 1 aliphatic rings. The van der Waals surface area contributed by atoms with Gasteiger partial charge < -0.3 is 15.5 Å². The molecule has 2 aromatic carbocycles. The molecule has 6 nitrogen and oxygen atoms in total. The average molecular weight is 442 g/mol. The number of aliphatic carboxylic acids is 1. The minimum absolute atomic E-state index is 0.00967. The van der Waals surface area contributed by atoms with E-state index in [0.29, 0.717) is 10.9 Å². The van der Waals surface area contributed by atoms with E-state index in [2.05, 4.69) is 10.3 Å². The number of aryl methyl sites for hydroxylation is 1. The molecule has 0 aliphatic carbocycles. The second-order valence-electron chi connectivity index (χ2n) is 7.02. The van der Waals surface area contributed by atoms with Gasteiger partial charge in [-0.05, 0) is 30.2 Å². The predicted octanol–water partition coefficient (Wildman–Crippen LogP) is 4.08. The lowest BCUT2D eigenvalue weighted by Gasteiger charge is -2.14.